The molecule has 0 radical (unpaired) electrons. The summed E-state index contributed by atoms with van der Waals surface area (Å²) in [6.45, 7) is 1.74. The molecule has 1 fully saturated rings. The van der Waals surface area contributed by atoms with Crippen LogP contribution in [-0.4, -0.2) is 38.9 Å². The molecule has 0 spiro atoms. The van der Waals surface area contributed by atoms with Crippen molar-refractivity contribution in [1.82, 2.24) is 14.3 Å². The molecule has 20 heavy (non-hydrogen) atoms. The molecule has 8 heteroatoms. The fourth-order valence-electron chi connectivity index (χ4n) is 1.73. The van der Waals surface area contributed by atoms with Crippen molar-refractivity contribution in [1.29, 1.82) is 0 Å². The standard InChI is InChI=1S/C12H20BrN3O2S2/c1-16(8-2-7-14-10-3-4-10)20(17,18)15-9-11-5-6-12(13)19-11/h5-6,10,14-15H,2-4,7-9H2,1H3. The SMILES string of the molecule is CN(CCCNC1CC1)S(=O)(=O)NCc1ccc(Br)s1. The highest BCUT2D eigenvalue weighted by Gasteiger charge is 2.20. The minimum absolute atomic E-state index is 0.337. The van der Waals surface area contributed by atoms with Gasteiger partial charge in [0, 0.05) is 31.1 Å². The van der Waals surface area contributed by atoms with Crippen molar-refractivity contribution in [3.63, 3.8) is 0 Å². The summed E-state index contributed by atoms with van der Waals surface area (Å²) in [5, 5.41) is 3.38. The van der Waals surface area contributed by atoms with E-state index in [1.54, 1.807) is 7.05 Å². The van der Waals surface area contributed by atoms with Crippen LogP contribution >= 0.6 is 27.3 Å². The van der Waals surface area contributed by atoms with Gasteiger partial charge in [0.1, 0.15) is 0 Å². The molecule has 1 aromatic rings. The zero-order valence-electron chi connectivity index (χ0n) is 11.4. The quantitative estimate of drug-likeness (QED) is 0.642. The largest absolute Gasteiger partial charge is 0.314 e. The van der Waals surface area contributed by atoms with E-state index in [1.807, 2.05) is 12.1 Å². The molecule has 1 aliphatic rings. The summed E-state index contributed by atoms with van der Waals surface area (Å²) in [6, 6.07) is 4.51. The third kappa shape index (κ3) is 5.42. The van der Waals surface area contributed by atoms with Gasteiger partial charge in [-0.2, -0.15) is 17.4 Å². The van der Waals surface area contributed by atoms with Crippen molar-refractivity contribution in [2.24, 2.45) is 0 Å². The van der Waals surface area contributed by atoms with Gasteiger partial charge >= 0.3 is 0 Å². The second kappa shape index (κ2) is 7.33. The van der Waals surface area contributed by atoms with Gasteiger partial charge in [0.25, 0.3) is 10.2 Å². The second-order valence-electron chi connectivity index (χ2n) is 4.94. The van der Waals surface area contributed by atoms with E-state index in [-0.39, 0.29) is 0 Å². The molecular weight excluding hydrogens is 362 g/mol. The average molecular weight is 382 g/mol. The van der Waals surface area contributed by atoms with Gasteiger partial charge in [-0.05, 0) is 53.9 Å². The van der Waals surface area contributed by atoms with E-state index in [4.69, 9.17) is 0 Å². The van der Waals surface area contributed by atoms with Gasteiger partial charge in [0.2, 0.25) is 0 Å². The van der Waals surface area contributed by atoms with Crippen LogP contribution in [0.3, 0.4) is 0 Å². The average Bonchev–Trinajstić information content (AvgIpc) is 3.13. The fourth-order valence-corrected chi connectivity index (χ4v) is 4.18. The molecule has 0 unspecified atom stereocenters. The van der Waals surface area contributed by atoms with Crippen molar-refractivity contribution in [3.05, 3.63) is 20.8 Å². The van der Waals surface area contributed by atoms with Crippen molar-refractivity contribution in [2.75, 3.05) is 20.1 Å². The van der Waals surface area contributed by atoms with Crippen molar-refractivity contribution >= 4 is 37.5 Å². The molecule has 0 atom stereocenters. The molecule has 0 aliphatic heterocycles. The number of rotatable bonds is 9. The highest BCUT2D eigenvalue weighted by molar-refractivity contribution is 9.11. The van der Waals surface area contributed by atoms with Crippen LogP contribution in [-0.2, 0) is 16.8 Å². The molecule has 0 amide bonds. The van der Waals surface area contributed by atoms with Crippen molar-refractivity contribution < 1.29 is 8.42 Å². The van der Waals surface area contributed by atoms with E-state index in [1.165, 1.54) is 28.5 Å². The Labute approximate surface area is 133 Å². The fraction of sp³-hybridized carbons (Fsp3) is 0.667. The summed E-state index contributed by atoms with van der Waals surface area (Å²) < 4.78 is 29.1. The minimum Gasteiger partial charge on any atom is -0.314 e. The highest BCUT2D eigenvalue weighted by Crippen LogP contribution is 2.22. The monoisotopic (exact) mass is 381 g/mol. The summed E-state index contributed by atoms with van der Waals surface area (Å²) in [4.78, 5) is 0.990. The minimum atomic E-state index is -3.39. The number of nitrogens with one attached hydrogen (secondary N) is 2. The zero-order chi connectivity index (χ0) is 14.6. The van der Waals surface area contributed by atoms with E-state index >= 15 is 0 Å². The van der Waals surface area contributed by atoms with Crippen LogP contribution in [0.1, 0.15) is 24.1 Å². The highest BCUT2D eigenvalue weighted by atomic mass is 79.9. The maximum atomic E-state index is 12.0. The van der Waals surface area contributed by atoms with Crippen LogP contribution in [0.25, 0.3) is 0 Å². The number of hydrogen-bond donors (Lipinski definition) is 2. The molecule has 0 saturated heterocycles. The van der Waals surface area contributed by atoms with Crippen LogP contribution in [0, 0.1) is 0 Å². The van der Waals surface area contributed by atoms with E-state index < -0.39 is 10.2 Å². The second-order valence-corrected chi connectivity index (χ2v) is 9.35. The first-order chi connectivity index (χ1) is 9.47. The molecule has 1 heterocycles. The summed E-state index contributed by atoms with van der Waals surface area (Å²) in [5.41, 5.74) is 0. The van der Waals surface area contributed by atoms with Gasteiger partial charge in [0.05, 0.1) is 3.79 Å². The summed E-state index contributed by atoms with van der Waals surface area (Å²) in [6.07, 6.45) is 3.34. The lowest BCUT2D eigenvalue weighted by atomic mass is 10.4. The Bertz CT molecular complexity index is 529. The molecule has 2 rings (SSSR count). The summed E-state index contributed by atoms with van der Waals surface area (Å²) >= 11 is 4.90. The Hall–Kier alpha value is 0.01000. The molecule has 0 bridgehead atoms. The molecule has 1 saturated carbocycles. The van der Waals surface area contributed by atoms with Crippen LogP contribution in [0.2, 0.25) is 0 Å². The maximum absolute atomic E-state index is 12.0. The van der Waals surface area contributed by atoms with Crippen molar-refractivity contribution in [2.45, 2.75) is 31.8 Å². The molecule has 2 N–H and O–H groups in total. The molecule has 1 aliphatic carbocycles. The van der Waals surface area contributed by atoms with Crippen LogP contribution in [0.15, 0.2) is 15.9 Å². The lowest BCUT2D eigenvalue weighted by molar-refractivity contribution is 0.444. The Balaban J connectivity index is 1.70. The van der Waals surface area contributed by atoms with E-state index in [0.29, 0.717) is 19.1 Å². The molecular formula is C12H20BrN3O2S2. The molecule has 0 aromatic carbocycles. The van der Waals surface area contributed by atoms with Gasteiger partial charge < -0.3 is 5.32 Å². The van der Waals surface area contributed by atoms with Gasteiger partial charge in [0.15, 0.2) is 0 Å². The molecule has 5 nitrogen and oxygen atoms in total. The predicted octanol–water partition coefficient (Wildman–Crippen LogP) is 1.92. The lowest BCUT2D eigenvalue weighted by Crippen LogP contribution is -2.39. The Morgan fingerprint density at radius 2 is 2.20 bits per heavy atom. The third-order valence-corrected chi connectivity index (χ3v) is 6.26. The van der Waals surface area contributed by atoms with Crippen molar-refractivity contribution in [3.8, 4) is 0 Å². The smallest absolute Gasteiger partial charge is 0.279 e. The predicted molar refractivity (Wildman–Crippen MR) is 86.1 cm³/mol. The first-order valence-corrected chi connectivity index (χ1v) is 9.71. The van der Waals surface area contributed by atoms with Gasteiger partial charge in [-0.1, -0.05) is 0 Å². The first-order valence-electron chi connectivity index (χ1n) is 6.66. The van der Waals surface area contributed by atoms with E-state index in [9.17, 15) is 8.42 Å². The van der Waals surface area contributed by atoms with E-state index in [0.717, 1.165) is 21.6 Å². The number of nitrogens with zero attached hydrogens (tertiary/aromatic N) is 1. The third-order valence-electron chi connectivity index (χ3n) is 3.13. The van der Waals surface area contributed by atoms with Crippen LogP contribution < -0.4 is 10.0 Å². The van der Waals surface area contributed by atoms with E-state index in [2.05, 4.69) is 26.0 Å². The van der Waals surface area contributed by atoms with Gasteiger partial charge in [-0.25, -0.2) is 0 Å². The number of thiophene rings is 1. The number of halogens is 1. The maximum Gasteiger partial charge on any atom is 0.279 e. The molecule has 1 aromatic heterocycles. The first kappa shape index (κ1) is 16.4. The van der Waals surface area contributed by atoms with Gasteiger partial charge in [-0.3, -0.25) is 0 Å². The van der Waals surface area contributed by atoms with Gasteiger partial charge in [-0.15, -0.1) is 11.3 Å². The lowest BCUT2D eigenvalue weighted by Gasteiger charge is -2.17. The Kier molecular flexibility index (Phi) is 6.00. The summed E-state index contributed by atoms with van der Waals surface area (Å²) in [5.74, 6) is 0. The van der Waals surface area contributed by atoms with Crippen LogP contribution in [0.5, 0.6) is 0 Å². The van der Waals surface area contributed by atoms with Crippen LogP contribution in [0.4, 0.5) is 0 Å². The summed E-state index contributed by atoms with van der Waals surface area (Å²) in [7, 11) is -1.77. The Morgan fingerprint density at radius 3 is 2.80 bits per heavy atom. The molecule has 114 valence electrons. The Morgan fingerprint density at radius 1 is 1.45 bits per heavy atom. The zero-order valence-corrected chi connectivity index (χ0v) is 14.7. The normalized spacial score (nSPS) is 15.9. The topological polar surface area (TPSA) is 61.4 Å². The number of hydrogen-bond acceptors (Lipinski definition) is 4.